The van der Waals surface area contributed by atoms with Gasteiger partial charge in [-0.3, -0.25) is 0 Å². The van der Waals surface area contributed by atoms with E-state index in [9.17, 15) is 30.6 Å². The molecule has 5 rings (SSSR count). The molecule has 1 aliphatic carbocycles. The molecule has 9 heteroatoms. The number of phenols is 6. The Labute approximate surface area is 237 Å². The van der Waals surface area contributed by atoms with Crippen molar-refractivity contribution in [3.63, 3.8) is 0 Å². The molecule has 41 heavy (non-hydrogen) atoms. The zero-order valence-electron chi connectivity index (χ0n) is 22.8. The van der Waals surface area contributed by atoms with Crippen molar-refractivity contribution < 1.29 is 44.8 Å². The van der Waals surface area contributed by atoms with Gasteiger partial charge in [0.2, 0.25) is 0 Å². The molecule has 0 unspecified atom stereocenters. The molecule has 0 aromatic heterocycles. The molecule has 0 heterocycles. The smallest absolute Gasteiger partial charge is 0.160 e. The van der Waals surface area contributed by atoms with Crippen LogP contribution < -0.4 is 9.47 Å². The minimum atomic E-state index is -0.687. The van der Waals surface area contributed by atoms with Gasteiger partial charge in [-0.1, -0.05) is 12.1 Å². The van der Waals surface area contributed by atoms with Gasteiger partial charge in [0.25, 0.3) is 0 Å². The zero-order chi connectivity index (χ0) is 29.4. The summed E-state index contributed by atoms with van der Waals surface area (Å²) in [6, 6.07) is 17.0. The molecular weight excluding hydrogens is 528 g/mol. The van der Waals surface area contributed by atoms with Crippen LogP contribution >= 0.6 is 0 Å². The second kappa shape index (κ2) is 11.0. The molecule has 4 aromatic carbocycles. The average molecular weight is 561 g/mol. The Hall–Kier alpha value is -4.76. The van der Waals surface area contributed by atoms with Gasteiger partial charge >= 0.3 is 0 Å². The summed E-state index contributed by atoms with van der Waals surface area (Å²) in [5.41, 5.74) is 3.01. The topological polar surface area (TPSA) is 149 Å². The maximum Gasteiger partial charge on any atom is 0.160 e. The lowest BCUT2D eigenvalue weighted by atomic mass is 9.74. The van der Waals surface area contributed by atoms with Gasteiger partial charge in [0.05, 0.1) is 20.3 Å². The first-order chi connectivity index (χ1) is 19.7. The summed E-state index contributed by atoms with van der Waals surface area (Å²) in [5.74, 6) is -1.96. The second-order valence-electron chi connectivity index (χ2n) is 10.0. The van der Waals surface area contributed by atoms with Crippen molar-refractivity contribution in [2.75, 3.05) is 20.8 Å². The minimum Gasteiger partial charge on any atom is -0.508 e. The molecule has 0 spiro atoms. The summed E-state index contributed by atoms with van der Waals surface area (Å²) in [6.45, 7) is 2.15. The van der Waals surface area contributed by atoms with Crippen molar-refractivity contribution in [1.82, 2.24) is 0 Å². The fourth-order valence-electron chi connectivity index (χ4n) is 6.12. The highest BCUT2D eigenvalue weighted by molar-refractivity contribution is 5.62. The van der Waals surface area contributed by atoms with E-state index < -0.39 is 23.9 Å². The van der Waals surface area contributed by atoms with E-state index in [-0.39, 0.29) is 46.0 Å². The standard InChI is InChI=1S/C32H32O9/c1-4-41-32(17-6-8-24(37)27(12-17)40-3)31-22-14-21(35)15-25(38)30(22)28(16-5-7-23(36)26(11-16)39-2)29(31)18-9-19(33)13-20(34)10-18/h5-15,28-29,31-38H,4H2,1-3H3/t28-,29-,31-,32-/m0/s1. The van der Waals surface area contributed by atoms with Gasteiger partial charge in [0.15, 0.2) is 23.0 Å². The van der Waals surface area contributed by atoms with Crippen LogP contribution in [0.4, 0.5) is 0 Å². The van der Waals surface area contributed by atoms with Crippen LogP contribution in [0, 0.1) is 0 Å². The summed E-state index contributed by atoms with van der Waals surface area (Å²) in [5, 5.41) is 63.5. The van der Waals surface area contributed by atoms with Crippen LogP contribution in [0.25, 0.3) is 0 Å². The lowest BCUT2D eigenvalue weighted by molar-refractivity contribution is 0.0360. The van der Waals surface area contributed by atoms with Crippen LogP contribution in [0.5, 0.6) is 46.0 Å². The molecule has 0 aliphatic heterocycles. The van der Waals surface area contributed by atoms with E-state index in [1.165, 1.54) is 38.5 Å². The number of benzene rings is 4. The van der Waals surface area contributed by atoms with E-state index in [0.717, 1.165) is 0 Å². The third kappa shape index (κ3) is 5.00. The molecule has 1 aliphatic rings. The average Bonchev–Trinajstić information content (AvgIpc) is 3.27. The van der Waals surface area contributed by atoms with Crippen LogP contribution in [-0.4, -0.2) is 51.5 Å². The molecular formula is C32H32O9. The molecule has 6 N–H and O–H groups in total. The molecule has 0 radical (unpaired) electrons. The Kier molecular flexibility index (Phi) is 7.47. The lowest BCUT2D eigenvalue weighted by Gasteiger charge is -2.33. The van der Waals surface area contributed by atoms with Crippen molar-refractivity contribution in [3.8, 4) is 46.0 Å². The van der Waals surface area contributed by atoms with E-state index >= 15 is 0 Å². The van der Waals surface area contributed by atoms with E-state index in [1.54, 1.807) is 42.5 Å². The fourth-order valence-corrected chi connectivity index (χ4v) is 6.12. The number of aromatic hydroxyl groups is 6. The van der Waals surface area contributed by atoms with Gasteiger partial charge < -0.3 is 44.8 Å². The summed E-state index contributed by atoms with van der Waals surface area (Å²) in [4.78, 5) is 0. The van der Waals surface area contributed by atoms with Crippen molar-refractivity contribution in [2.45, 2.75) is 30.8 Å². The second-order valence-corrected chi connectivity index (χ2v) is 10.0. The van der Waals surface area contributed by atoms with Crippen LogP contribution in [0.1, 0.15) is 58.6 Å². The summed E-state index contributed by atoms with van der Waals surface area (Å²) < 4.78 is 17.1. The SMILES string of the molecule is CCO[C@@H](c1ccc(O)c(OC)c1)[C@H]1c2cc(O)cc(O)c2[C@@H](c2ccc(O)c(OC)c2)[C@@H]1c1cc(O)cc(O)c1. The Balaban J connectivity index is 1.84. The van der Waals surface area contributed by atoms with Gasteiger partial charge in [0.1, 0.15) is 23.0 Å². The van der Waals surface area contributed by atoms with Gasteiger partial charge in [-0.25, -0.2) is 0 Å². The molecule has 0 amide bonds. The predicted octanol–water partition coefficient (Wildman–Crippen LogP) is 5.73. The number of hydrogen-bond acceptors (Lipinski definition) is 9. The van der Waals surface area contributed by atoms with E-state index in [4.69, 9.17) is 14.2 Å². The third-order valence-electron chi connectivity index (χ3n) is 7.67. The summed E-state index contributed by atoms with van der Waals surface area (Å²) in [7, 11) is 2.88. The van der Waals surface area contributed by atoms with Crippen LogP contribution in [-0.2, 0) is 4.74 Å². The number of hydrogen-bond donors (Lipinski definition) is 6. The monoisotopic (exact) mass is 560 g/mol. The first kappa shape index (κ1) is 27.8. The molecule has 4 atom stereocenters. The normalized spacial score (nSPS) is 18.6. The zero-order valence-corrected chi connectivity index (χ0v) is 22.8. The third-order valence-corrected chi connectivity index (χ3v) is 7.67. The molecule has 214 valence electrons. The van der Waals surface area contributed by atoms with Crippen molar-refractivity contribution >= 4 is 0 Å². The number of fused-ring (bicyclic) bond motifs is 1. The fraction of sp³-hybridized carbons (Fsp3) is 0.250. The number of methoxy groups -OCH3 is 2. The largest absolute Gasteiger partial charge is 0.508 e. The molecule has 4 aromatic rings. The minimum absolute atomic E-state index is 0.0443. The van der Waals surface area contributed by atoms with Crippen molar-refractivity contribution in [3.05, 3.63) is 94.5 Å². The summed E-state index contributed by atoms with van der Waals surface area (Å²) in [6.07, 6.45) is -0.687. The predicted molar refractivity (Wildman–Crippen MR) is 151 cm³/mol. The Morgan fingerprint density at radius 2 is 1.27 bits per heavy atom. The highest BCUT2D eigenvalue weighted by Gasteiger charge is 2.49. The van der Waals surface area contributed by atoms with E-state index in [2.05, 4.69) is 0 Å². The number of rotatable bonds is 8. The maximum absolute atomic E-state index is 11.3. The maximum atomic E-state index is 11.3. The van der Waals surface area contributed by atoms with Gasteiger partial charge in [-0.05, 0) is 71.6 Å². The first-order valence-electron chi connectivity index (χ1n) is 13.1. The Bertz CT molecular complexity index is 1560. The van der Waals surface area contributed by atoms with Gasteiger partial charge in [-0.15, -0.1) is 0 Å². The molecule has 0 saturated heterocycles. The Morgan fingerprint density at radius 1 is 0.659 bits per heavy atom. The van der Waals surface area contributed by atoms with Gasteiger partial charge in [0, 0.05) is 42.1 Å². The number of ether oxygens (including phenoxy) is 3. The highest BCUT2D eigenvalue weighted by atomic mass is 16.5. The molecule has 9 nitrogen and oxygen atoms in total. The quantitative estimate of drug-likeness (QED) is 0.159. The van der Waals surface area contributed by atoms with Crippen molar-refractivity contribution in [2.24, 2.45) is 0 Å². The highest BCUT2D eigenvalue weighted by Crippen LogP contribution is 2.63. The number of phenolic OH excluding ortho intramolecular Hbond substituents is 6. The summed E-state index contributed by atoms with van der Waals surface area (Å²) >= 11 is 0. The van der Waals surface area contributed by atoms with Crippen LogP contribution in [0.3, 0.4) is 0 Å². The van der Waals surface area contributed by atoms with Gasteiger partial charge in [-0.2, -0.15) is 0 Å². The van der Waals surface area contributed by atoms with Crippen molar-refractivity contribution in [1.29, 1.82) is 0 Å². The van der Waals surface area contributed by atoms with E-state index in [0.29, 0.717) is 34.4 Å². The Morgan fingerprint density at radius 3 is 1.90 bits per heavy atom. The molecule has 0 saturated carbocycles. The molecule has 0 bridgehead atoms. The van der Waals surface area contributed by atoms with Crippen LogP contribution in [0.2, 0.25) is 0 Å². The van der Waals surface area contributed by atoms with E-state index in [1.807, 2.05) is 6.92 Å². The lowest BCUT2D eigenvalue weighted by Crippen LogP contribution is -2.21. The first-order valence-corrected chi connectivity index (χ1v) is 13.1. The molecule has 0 fully saturated rings. The van der Waals surface area contributed by atoms with Crippen LogP contribution in [0.15, 0.2) is 66.7 Å².